The molecule has 120 valence electrons. The highest BCUT2D eigenvalue weighted by Crippen LogP contribution is 2.16. The number of hydrogen-bond acceptors (Lipinski definition) is 5. The van der Waals surface area contributed by atoms with Gasteiger partial charge in [0.2, 0.25) is 0 Å². The van der Waals surface area contributed by atoms with Gasteiger partial charge in [-0.2, -0.15) is 0 Å². The number of aromatic carboxylic acids is 1. The van der Waals surface area contributed by atoms with Crippen molar-refractivity contribution in [2.75, 3.05) is 0 Å². The maximum atomic E-state index is 13.0. The Morgan fingerprint density at radius 1 is 1.22 bits per heavy atom. The van der Waals surface area contributed by atoms with Gasteiger partial charge in [-0.15, -0.1) is 0 Å². The first kappa shape index (κ1) is 16.6. The Kier molecular flexibility index (Phi) is 4.41. The lowest BCUT2D eigenvalue weighted by Gasteiger charge is -2.09. The number of sulfonamides is 1. The Labute approximate surface area is 130 Å². The molecule has 2 rings (SSSR count). The van der Waals surface area contributed by atoms with E-state index in [1.807, 2.05) is 0 Å². The third-order valence-electron chi connectivity index (χ3n) is 2.89. The largest absolute Gasteiger partial charge is 0.477 e. The molecule has 23 heavy (non-hydrogen) atoms. The number of carbonyl (C=O) groups excluding carboxylic acids is 1. The first-order valence-electron chi connectivity index (χ1n) is 6.23. The van der Waals surface area contributed by atoms with E-state index < -0.39 is 33.4 Å². The van der Waals surface area contributed by atoms with E-state index in [1.165, 1.54) is 13.0 Å². The summed E-state index contributed by atoms with van der Waals surface area (Å²) in [6.07, 6.45) is 1.08. The predicted molar refractivity (Wildman–Crippen MR) is 77.0 cm³/mol. The van der Waals surface area contributed by atoms with Crippen LogP contribution < -0.4 is 4.72 Å². The minimum atomic E-state index is -4.22. The van der Waals surface area contributed by atoms with E-state index in [0.717, 1.165) is 30.5 Å². The molecular formula is C14H11FN2O5S. The molecule has 7 nitrogen and oxygen atoms in total. The molecule has 1 aromatic carbocycles. The maximum Gasteiger partial charge on any atom is 0.354 e. The highest BCUT2D eigenvalue weighted by atomic mass is 32.2. The Bertz CT molecular complexity index is 896. The van der Waals surface area contributed by atoms with Crippen LogP contribution >= 0.6 is 0 Å². The van der Waals surface area contributed by atoms with Gasteiger partial charge in [0.15, 0.2) is 0 Å². The molecule has 2 aromatic rings. The molecule has 0 spiro atoms. The molecule has 0 aliphatic carbocycles. The van der Waals surface area contributed by atoms with Crippen LogP contribution in [0, 0.1) is 12.7 Å². The van der Waals surface area contributed by atoms with Crippen LogP contribution in [0.2, 0.25) is 0 Å². The van der Waals surface area contributed by atoms with Gasteiger partial charge in [0, 0.05) is 11.8 Å². The zero-order valence-electron chi connectivity index (χ0n) is 11.8. The van der Waals surface area contributed by atoms with E-state index >= 15 is 0 Å². The summed E-state index contributed by atoms with van der Waals surface area (Å²) in [6.45, 7) is 1.39. The molecule has 1 amide bonds. The number of amides is 1. The van der Waals surface area contributed by atoms with Gasteiger partial charge in [-0.1, -0.05) is 0 Å². The molecule has 1 heterocycles. The molecule has 2 N–H and O–H groups in total. The second-order valence-electron chi connectivity index (χ2n) is 4.58. The van der Waals surface area contributed by atoms with Gasteiger partial charge in [0.05, 0.1) is 4.90 Å². The topological polar surface area (TPSA) is 113 Å². The van der Waals surface area contributed by atoms with Crippen molar-refractivity contribution in [1.82, 2.24) is 9.71 Å². The Hall–Kier alpha value is -2.81. The summed E-state index contributed by atoms with van der Waals surface area (Å²) >= 11 is 0. The van der Waals surface area contributed by atoms with Crippen LogP contribution in [0.5, 0.6) is 0 Å². The Morgan fingerprint density at radius 2 is 1.91 bits per heavy atom. The van der Waals surface area contributed by atoms with Gasteiger partial charge in [-0.3, -0.25) is 4.79 Å². The molecule has 0 bridgehead atoms. The summed E-state index contributed by atoms with van der Waals surface area (Å²) in [5.41, 5.74) is -0.444. The number of carboxylic acids is 1. The second kappa shape index (κ2) is 6.13. The average molecular weight is 338 g/mol. The number of aromatic nitrogens is 1. The zero-order chi connectivity index (χ0) is 17.2. The zero-order valence-corrected chi connectivity index (χ0v) is 12.6. The number of carboxylic acid groups (broad SMARTS) is 1. The number of pyridine rings is 1. The van der Waals surface area contributed by atoms with Crippen molar-refractivity contribution < 1.29 is 27.5 Å². The number of aryl methyl sites for hydroxylation is 1. The van der Waals surface area contributed by atoms with Crippen molar-refractivity contribution in [2.24, 2.45) is 0 Å². The van der Waals surface area contributed by atoms with E-state index in [2.05, 4.69) is 4.98 Å². The molecule has 0 saturated heterocycles. The number of benzene rings is 1. The van der Waals surface area contributed by atoms with Crippen molar-refractivity contribution in [1.29, 1.82) is 0 Å². The van der Waals surface area contributed by atoms with Crippen molar-refractivity contribution in [3.05, 3.63) is 59.2 Å². The normalized spacial score (nSPS) is 11.0. The standard InChI is InChI=1S/C14H11FN2O5S/c1-8-6-10(15)2-3-12(8)23(21,22)17-13(18)9-4-5-16-11(7-9)14(19)20/h2-7H,1H3,(H,17,18)(H,19,20). The van der Waals surface area contributed by atoms with Gasteiger partial charge in [-0.05, 0) is 42.8 Å². The molecule has 9 heteroatoms. The number of carbonyl (C=O) groups is 2. The maximum absolute atomic E-state index is 13.0. The minimum absolute atomic E-state index is 0.131. The molecule has 0 aliphatic rings. The van der Waals surface area contributed by atoms with Crippen LogP contribution in [0.15, 0.2) is 41.4 Å². The molecule has 0 radical (unpaired) electrons. The summed E-state index contributed by atoms with van der Waals surface area (Å²) in [7, 11) is -4.22. The fourth-order valence-electron chi connectivity index (χ4n) is 1.84. The molecule has 1 aromatic heterocycles. The summed E-state index contributed by atoms with van der Waals surface area (Å²) < 4.78 is 39.2. The number of hydrogen-bond donors (Lipinski definition) is 2. The van der Waals surface area contributed by atoms with Gasteiger partial charge in [-0.25, -0.2) is 27.3 Å². The third-order valence-corrected chi connectivity index (χ3v) is 4.39. The lowest BCUT2D eigenvalue weighted by Crippen LogP contribution is -2.31. The molecule has 0 fully saturated rings. The average Bonchev–Trinajstić information content (AvgIpc) is 2.46. The SMILES string of the molecule is Cc1cc(F)ccc1S(=O)(=O)NC(=O)c1ccnc(C(=O)O)c1. The highest BCUT2D eigenvalue weighted by Gasteiger charge is 2.21. The van der Waals surface area contributed by atoms with Crippen LogP contribution in [0.4, 0.5) is 4.39 Å². The Balaban J connectivity index is 2.32. The lowest BCUT2D eigenvalue weighted by molar-refractivity contribution is 0.0690. The summed E-state index contributed by atoms with van der Waals surface area (Å²) in [6, 6.07) is 5.14. The summed E-state index contributed by atoms with van der Waals surface area (Å²) in [5.74, 6) is -2.97. The summed E-state index contributed by atoms with van der Waals surface area (Å²) in [4.78, 5) is 26.1. The summed E-state index contributed by atoms with van der Waals surface area (Å²) in [5, 5.41) is 8.82. The van der Waals surface area contributed by atoms with Crippen molar-refractivity contribution in [3.63, 3.8) is 0 Å². The van der Waals surface area contributed by atoms with Crippen molar-refractivity contribution >= 4 is 21.9 Å². The van der Waals surface area contributed by atoms with E-state index in [-0.39, 0.29) is 16.0 Å². The van der Waals surface area contributed by atoms with Crippen LogP contribution in [0.1, 0.15) is 26.4 Å². The number of rotatable bonds is 4. The van der Waals surface area contributed by atoms with Gasteiger partial charge < -0.3 is 5.11 Å². The van der Waals surface area contributed by atoms with E-state index in [1.54, 1.807) is 4.72 Å². The molecule has 0 aliphatic heterocycles. The van der Waals surface area contributed by atoms with Gasteiger partial charge in [0.1, 0.15) is 11.5 Å². The lowest BCUT2D eigenvalue weighted by atomic mass is 10.2. The smallest absolute Gasteiger partial charge is 0.354 e. The second-order valence-corrected chi connectivity index (χ2v) is 6.23. The first-order valence-corrected chi connectivity index (χ1v) is 7.71. The van der Waals surface area contributed by atoms with Crippen LogP contribution in [0.3, 0.4) is 0 Å². The molecule has 0 atom stereocenters. The van der Waals surface area contributed by atoms with Crippen molar-refractivity contribution in [2.45, 2.75) is 11.8 Å². The first-order chi connectivity index (χ1) is 10.7. The van der Waals surface area contributed by atoms with Gasteiger partial charge >= 0.3 is 5.97 Å². The van der Waals surface area contributed by atoms with E-state index in [4.69, 9.17) is 5.11 Å². The molecule has 0 unspecified atom stereocenters. The van der Waals surface area contributed by atoms with Crippen LogP contribution in [-0.2, 0) is 10.0 Å². The third kappa shape index (κ3) is 3.69. The van der Waals surface area contributed by atoms with E-state index in [9.17, 15) is 22.4 Å². The predicted octanol–water partition coefficient (Wildman–Crippen LogP) is 1.35. The van der Waals surface area contributed by atoms with Gasteiger partial charge in [0.25, 0.3) is 15.9 Å². The molecular weight excluding hydrogens is 327 g/mol. The number of nitrogens with zero attached hydrogens (tertiary/aromatic N) is 1. The number of halogens is 1. The highest BCUT2D eigenvalue weighted by molar-refractivity contribution is 7.90. The van der Waals surface area contributed by atoms with Crippen LogP contribution in [-0.4, -0.2) is 30.4 Å². The number of nitrogens with one attached hydrogen (secondary N) is 1. The Morgan fingerprint density at radius 3 is 2.52 bits per heavy atom. The fraction of sp³-hybridized carbons (Fsp3) is 0.0714. The van der Waals surface area contributed by atoms with Crippen molar-refractivity contribution in [3.8, 4) is 0 Å². The quantitative estimate of drug-likeness (QED) is 0.870. The van der Waals surface area contributed by atoms with Crippen LogP contribution in [0.25, 0.3) is 0 Å². The monoisotopic (exact) mass is 338 g/mol. The minimum Gasteiger partial charge on any atom is -0.477 e. The van der Waals surface area contributed by atoms with E-state index in [0.29, 0.717) is 0 Å². The molecule has 0 saturated carbocycles. The fourth-order valence-corrected chi connectivity index (χ4v) is 3.04.